The standard InChI is InChI=1S/C24H27NOSi/c1-16(2)12-18-13-21(25-15-24(18)27(3,4)5)17-10-11-20-19-8-6-7-9-22(19)26-23(20)14-17/h6-11,13-16H,12H2,1-5H3. The Labute approximate surface area is 162 Å². The van der Waals surface area contributed by atoms with Crippen molar-refractivity contribution >= 4 is 35.2 Å². The molecule has 0 spiro atoms. The molecule has 2 aromatic carbocycles. The Bertz CT molecular complexity index is 1120. The molecule has 4 rings (SSSR count). The van der Waals surface area contributed by atoms with Crippen LogP contribution < -0.4 is 5.19 Å². The number of fused-ring (bicyclic) bond motifs is 3. The van der Waals surface area contributed by atoms with Crippen LogP contribution in [0.4, 0.5) is 0 Å². The molecule has 0 radical (unpaired) electrons. The summed E-state index contributed by atoms with van der Waals surface area (Å²) in [6.45, 7) is 11.8. The number of pyridine rings is 1. The third-order valence-electron chi connectivity index (χ3n) is 5.10. The number of nitrogens with zero attached hydrogens (tertiary/aromatic N) is 1. The maximum atomic E-state index is 6.07. The van der Waals surface area contributed by atoms with Crippen molar-refractivity contribution in [3.05, 3.63) is 60.3 Å². The molecular weight excluding hydrogens is 346 g/mol. The largest absolute Gasteiger partial charge is 0.456 e. The molecule has 0 fully saturated rings. The lowest BCUT2D eigenvalue weighted by Crippen LogP contribution is -2.40. The topological polar surface area (TPSA) is 26.0 Å². The third-order valence-corrected chi connectivity index (χ3v) is 7.17. The molecule has 0 atom stereocenters. The zero-order valence-corrected chi connectivity index (χ0v) is 17.8. The van der Waals surface area contributed by atoms with Gasteiger partial charge in [0, 0.05) is 22.5 Å². The minimum atomic E-state index is -1.42. The van der Waals surface area contributed by atoms with E-state index >= 15 is 0 Å². The number of para-hydroxylation sites is 1. The van der Waals surface area contributed by atoms with Crippen molar-refractivity contribution in [3.63, 3.8) is 0 Å². The van der Waals surface area contributed by atoms with Crippen molar-refractivity contribution in [3.8, 4) is 11.3 Å². The molecular formula is C24H27NOSi. The number of hydrogen-bond donors (Lipinski definition) is 0. The van der Waals surface area contributed by atoms with E-state index in [1.807, 2.05) is 12.1 Å². The predicted octanol–water partition coefficient (Wildman–Crippen LogP) is 6.39. The predicted molar refractivity (Wildman–Crippen MR) is 118 cm³/mol. The first kappa shape index (κ1) is 18.0. The van der Waals surface area contributed by atoms with Crippen molar-refractivity contribution in [2.45, 2.75) is 39.9 Å². The van der Waals surface area contributed by atoms with Gasteiger partial charge in [0.1, 0.15) is 11.2 Å². The van der Waals surface area contributed by atoms with Crippen molar-refractivity contribution < 1.29 is 4.42 Å². The van der Waals surface area contributed by atoms with Gasteiger partial charge in [0.15, 0.2) is 0 Å². The summed E-state index contributed by atoms with van der Waals surface area (Å²) in [6.07, 6.45) is 3.23. The van der Waals surface area contributed by atoms with Crippen molar-refractivity contribution in [2.75, 3.05) is 0 Å². The number of hydrogen-bond acceptors (Lipinski definition) is 2. The Morgan fingerprint density at radius 2 is 1.67 bits per heavy atom. The summed E-state index contributed by atoms with van der Waals surface area (Å²) in [6, 6.07) is 17.0. The molecule has 27 heavy (non-hydrogen) atoms. The Balaban J connectivity index is 1.83. The van der Waals surface area contributed by atoms with Gasteiger partial charge in [-0.2, -0.15) is 0 Å². The van der Waals surface area contributed by atoms with E-state index in [-0.39, 0.29) is 0 Å². The first-order chi connectivity index (χ1) is 12.8. The van der Waals surface area contributed by atoms with Crippen LogP contribution in [0.5, 0.6) is 0 Å². The first-order valence-electron chi connectivity index (χ1n) is 9.74. The number of furan rings is 1. The highest BCUT2D eigenvalue weighted by Gasteiger charge is 2.22. The Hall–Kier alpha value is -2.39. The summed E-state index contributed by atoms with van der Waals surface area (Å²) in [4.78, 5) is 4.84. The van der Waals surface area contributed by atoms with Gasteiger partial charge in [-0.15, -0.1) is 0 Å². The second-order valence-electron chi connectivity index (χ2n) is 8.88. The van der Waals surface area contributed by atoms with Gasteiger partial charge in [0.05, 0.1) is 13.8 Å². The van der Waals surface area contributed by atoms with Gasteiger partial charge in [0.2, 0.25) is 0 Å². The minimum absolute atomic E-state index is 0.633. The summed E-state index contributed by atoms with van der Waals surface area (Å²) in [5.41, 5.74) is 5.48. The van der Waals surface area contributed by atoms with E-state index in [4.69, 9.17) is 9.40 Å². The Morgan fingerprint density at radius 3 is 2.41 bits per heavy atom. The fraction of sp³-hybridized carbons (Fsp3) is 0.292. The molecule has 0 unspecified atom stereocenters. The van der Waals surface area contributed by atoms with Crippen LogP contribution in [0.3, 0.4) is 0 Å². The zero-order chi connectivity index (χ0) is 19.2. The average molecular weight is 374 g/mol. The average Bonchev–Trinajstić information content (AvgIpc) is 2.98. The summed E-state index contributed by atoms with van der Waals surface area (Å²) < 4.78 is 6.07. The van der Waals surface area contributed by atoms with Crippen LogP contribution in [0.25, 0.3) is 33.2 Å². The zero-order valence-electron chi connectivity index (χ0n) is 16.8. The Kier molecular flexibility index (Phi) is 4.43. The molecule has 0 saturated carbocycles. The van der Waals surface area contributed by atoms with Gasteiger partial charge in [-0.05, 0) is 47.4 Å². The van der Waals surface area contributed by atoms with E-state index in [0.29, 0.717) is 5.92 Å². The maximum Gasteiger partial charge on any atom is 0.136 e. The van der Waals surface area contributed by atoms with Crippen LogP contribution in [0, 0.1) is 5.92 Å². The molecule has 3 heteroatoms. The van der Waals surface area contributed by atoms with E-state index in [0.717, 1.165) is 34.2 Å². The summed E-state index contributed by atoms with van der Waals surface area (Å²) in [5, 5.41) is 3.81. The van der Waals surface area contributed by atoms with E-state index < -0.39 is 8.07 Å². The molecule has 0 N–H and O–H groups in total. The quantitative estimate of drug-likeness (QED) is 0.387. The summed E-state index contributed by atoms with van der Waals surface area (Å²) in [7, 11) is -1.42. The molecule has 0 saturated heterocycles. The highest BCUT2D eigenvalue weighted by atomic mass is 28.3. The van der Waals surface area contributed by atoms with Crippen LogP contribution in [0.1, 0.15) is 19.4 Å². The normalized spacial score (nSPS) is 12.4. The van der Waals surface area contributed by atoms with Gasteiger partial charge in [-0.1, -0.05) is 57.8 Å². The molecule has 0 amide bonds. The monoisotopic (exact) mass is 373 g/mol. The smallest absolute Gasteiger partial charge is 0.136 e. The molecule has 2 nitrogen and oxygen atoms in total. The molecule has 138 valence electrons. The molecule has 0 aliphatic rings. The van der Waals surface area contributed by atoms with Gasteiger partial charge < -0.3 is 4.42 Å². The van der Waals surface area contributed by atoms with Crippen LogP contribution in [-0.4, -0.2) is 13.1 Å². The highest BCUT2D eigenvalue weighted by molar-refractivity contribution is 6.89. The fourth-order valence-electron chi connectivity index (χ4n) is 3.82. The van der Waals surface area contributed by atoms with Gasteiger partial charge >= 0.3 is 0 Å². The lowest BCUT2D eigenvalue weighted by atomic mass is 10.0. The van der Waals surface area contributed by atoms with Crippen LogP contribution in [-0.2, 0) is 6.42 Å². The van der Waals surface area contributed by atoms with E-state index in [1.54, 1.807) is 0 Å². The summed E-state index contributed by atoms with van der Waals surface area (Å²) >= 11 is 0. The van der Waals surface area contributed by atoms with Gasteiger partial charge in [-0.25, -0.2) is 0 Å². The summed E-state index contributed by atoms with van der Waals surface area (Å²) in [5.74, 6) is 0.633. The van der Waals surface area contributed by atoms with Crippen molar-refractivity contribution in [1.82, 2.24) is 4.98 Å². The van der Waals surface area contributed by atoms with Crippen LogP contribution in [0.2, 0.25) is 19.6 Å². The van der Waals surface area contributed by atoms with E-state index in [2.05, 4.69) is 76.1 Å². The second kappa shape index (κ2) is 6.65. The van der Waals surface area contributed by atoms with E-state index in [9.17, 15) is 0 Å². The minimum Gasteiger partial charge on any atom is -0.456 e. The molecule has 0 aliphatic carbocycles. The molecule has 0 bridgehead atoms. The second-order valence-corrected chi connectivity index (χ2v) is 13.9. The maximum absolute atomic E-state index is 6.07. The lowest BCUT2D eigenvalue weighted by Gasteiger charge is -2.22. The highest BCUT2D eigenvalue weighted by Crippen LogP contribution is 2.31. The fourth-order valence-corrected chi connectivity index (χ4v) is 5.41. The van der Waals surface area contributed by atoms with Gasteiger partial charge in [-0.3, -0.25) is 4.98 Å². The van der Waals surface area contributed by atoms with Crippen LogP contribution in [0.15, 0.2) is 59.1 Å². The number of benzene rings is 2. The van der Waals surface area contributed by atoms with Crippen molar-refractivity contribution in [1.29, 1.82) is 0 Å². The molecule has 2 heterocycles. The van der Waals surface area contributed by atoms with Gasteiger partial charge in [0.25, 0.3) is 0 Å². The SMILES string of the molecule is CC(C)Cc1cc(-c2ccc3c(c2)oc2ccccc23)ncc1[Si](C)(C)C. The third kappa shape index (κ3) is 3.44. The van der Waals surface area contributed by atoms with Crippen LogP contribution >= 0.6 is 0 Å². The number of aromatic nitrogens is 1. The number of rotatable bonds is 4. The van der Waals surface area contributed by atoms with Crippen molar-refractivity contribution in [2.24, 2.45) is 5.92 Å². The first-order valence-corrected chi connectivity index (χ1v) is 13.2. The lowest BCUT2D eigenvalue weighted by molar-refractivity contribution is 0.648. The molecule has 4 aromatic rings. The molecule has 0 aliphatic heterocycles. The molecule has 2 aromatic heterocycles. The van der Waals surface area contributed by atoms with E-state index in [1.165, 1.54) is 16.1 Å². The Morgan fingerprint density at radius 1 is 0.926 bits per heavy atom.